The van der Waals surface area contributed by atoms with E-state index in [1.54, 1.807) is 19.2 Å². The van der Waals surface area contributed by atoms with Crippen LogP contribution < -0.4 is 11.1 Å². The number of methoxy groups -OCH3 is 1. The Kier molecular flexibility index (Phi) is 6.05. The summed E-state index contributed by atoms with van der Waals surface area (Å²) in [7, 11) is 1.64. The van der Waals surface area contributed by atoms with Crippen molar-refractivity contribution in [2.75, 3.05) is 20.2 Å². The Bertz CT molecular complexity index is 362. The summed E-state index contributed by atoms with van der Waals surface area (Å²) in [5.74, 6) is -0.249. The van der Waals surface area contributed by atoms with Crippen molar-refractivity contribution in [1.29, 1.82) is 0 Å². The maximum atomic E-state index is 13.7. The van der Waals surface area contributed by atoms with Crippen LogP contribution in [0.1, 0.15) is 18.5 Å². The summed E-state index contributed by atoms with van der Waals surface area (Å²) in [5, 5.41) is 3.19. The lowest BCUT2D eigenvalue weighted by Crippen LogP contribution is -2.34. The molecule has 5 heteroatoms. The van der Waals surface area contributed by atoms with Crippen molar-refractivity contribution in [2.45, 2.75) is 19.1 Å². The van der Waals surface area contributed by atoms with Crippen LogP contribution in [0.3, 0.4) is 0 Å². The maximum absolute atomic E-state index is 13.7. The average Bonchev–Trinajstić information content (AvgIpc) is 2.33. The molecule has 0 aliphatic rings. The van der Waals surface area contributed by atoms with Crippen molar-refractivity contribution in [3.05, 3.63) is 34.1 Å². The topological polar surface area (TPSA) is 47.3 Å². The van der Waals surface area contributed by atoms with Gasteiger partial charge in [0.2, 0.25) is 0 Å². The molecule has 96 valence electrons. The van der Waals surface area contributed by atoms with E-state index in [1.807, 2.05) is 6.92 Å². The molecular formula is C12H18BrFN2O. The average molecular weight is 305 g/mol. The Hall–Kier alpha value is -0.490. The molecule has 0 aromatic heterocycles. The van der Waals surface area contributed by atoms with Gasteiger partial charge < -0.3 is 15.8 Å². The molecule has 3 nitrogen and oxygen atoms in total. The highest BCUT2D eigenvalue weighted by atomic mass is 79.9. The normalized spacial score (nSPS) is 14.6. The summed E-state index contributed by atoms with van der Waals surface area (Å²) in [5.41, 5.74) is 6.24. The van der Waals surface area contributed by atoms with Crippen LogP contribution in [-0.4, -0.2) is 26.3 Å². The quantitative estimate of drug-likeness (QED) is 0.847. The largest absolute Gasteiger partial charge is 0.380 e. The second kappa shape index (κ2) is 7.06. The monoisotopic (exact) mass is 304 g/mol. The summed E-state index contributed by atoms with van der Waals surface area (Å²) < 4.78 is 19.6. The first kappa shape index (κ1) is 14.6. The molecule has 2 unspecified atom stereocenters. The number of ether oxygens (including phenoxy) is 1. The Labute approximate surface area is 110 Å². The molecule has 1 aromatic carbocycles. The number of nitrogens with one attached hydrogen (secondary N) is 1. The van der Waals surface area contributed by atoms with Gasteiger partial charge in [-0.25, -0.2) is 4.39 Å². The van der Waals surface area contributed by atoms with Gasteiger partial charge in [0.25, 0.3) is 0 Å². The Morgan fingerprint density at radius 1 is 1.53 bits per heavy atom. The summed E-state index contributed by atoms with van der Waals surface area (Å²) in [4.78, 5) is 0. The number of halogens is 2. The number of rotatable bonds is 6. The Balaban J connectivity index is 2.75. The van der Waals surface area contributed by atoms with E-state index < -0.39 is 0 Å². The molecule has 0 aliphatic carbocycles. The van der Waals surface area contributed by atoms with Crippen LogP contribution in [0.5, 0.6) is 0 Å². The van der Waals surface area contributed by atoms with Gasteiger partial charge in [-0.05, 0) is 25.1 Å². The van der Waals surface area contributed by atoms with Gasteiger partial charge in [0.05, 0.1) is 6.10 Å². The van der Waals surface area contributed by atoms with E-state index in [4.69, 9.17) is 10.5 Å². The highest BCUT2D eigenvalue weighted by molar-refractivity contribution is 9.10. The summed E-state index contributed by atoms with van der Waals surface area (Å²) in [6.07, 6.45) is 0.0688. The van der Waals surface area contributed by atoms with Gasteiger partial charge in [-0.15, -0.1) is 0 Å². The SMILES string of the molecule is COC(C)CNC(CN)c1cc(Br)ccc1F. The van der Waals surface area contributed by atoms with Crippen molar-refractivity contribution in [3.8, 4) is 0 Å². The van der Waals surface area contributed by atoms with Gasteiger partial charge >= 0.3 is 0 Å². The molecule has 1 rings (SSSR count). The van der Waals surface area contributed by atoms with Crippen LogP contribution >= 0.6 is 15.9 Å². The van der Waals surface area contributed by atoms with Gasteiger partial charge in [-0.1, -0.05) is 15.9 Å². The van der Waals surface area contributed by atoms with E-state index in [-0.39, 0.29) is 18.0 Å². The van der Waals surface area contributed by atoms with Crippen molar-refractivity contribution < 1.29 is 9.13 Å². The number of hydrogen-bond donors (Lipinski definition) is 2. The molecule has 0 amide bonds. The molecular weight excluding hydrogens is 287 g/mol. The van der Waals surface area contributed by atoms with E-state index in [1.165, 1.54) is 6.07 Å². The zero-order valence-corrected chi connectivity index (χ0v) is 11.6. The van der Waals surface area contributed by atoms with Gasteiger partial charge in [0.15, 0.2) is 0 Å². The predicted octanol–water partition coefficient (Wildman–Crippen LogP) is 2.21. The number of hydrogen-bond acceptors (Lipinski definition) is 3. The lowest BCUT2D eigenvalue weighted by molar-refractivity contribution is 0.114. The number of nitrogens with two attached hydrogens (primary N) is 1. The molecule has 0 aliphatic heterocycles. The number of benzene rings is 1. The van der Waals surface area contributed by atoms with Gasteiger partial charge in [0, 0.05) is 36.3 Å². The summed E-state index contributed by atoms with van der Waals surface area (Å²) in [6, 6.07) is 4.65. The third-order valence-corrected chi connectivity index (χ3v) is 3.12. The van der Waals surface area contributed by atoms with Crippen LogP contribution in [0.4, 0.5) is 4.39 Å². The van der Waals surface area contributed by atoms with Crippen molar-refractivity contribution in [2.24, 2.45) is 5.73 Å². The molecule has 0 saturated carbocycles. The Morgan fingerprint density at radius 2 is 2.24 bits per heavy atom. The van der Waals surface area contributed by atoms with Gasteiger partial charge in [0.1, 0.15) is 5.82 Å². The van der Waals surface area contributed by atoms with Crippen LogP contribution in [0.15, 0.2) is 22.7 Å². The maximum Gasteiger partial charge on any atom is 0.128 e. The van der Waals surface area contributed by atoms with Crippen LogP contribution in [0.2, 0.25) is 0 Å². The van der Waals surface area contributed by atoms with Crippen LogP contribution in [0.25, 0.3) is 0 Å². The summed E-state index contributed by atoms with van der Waals surface area (Å²) in [6.45, 7) is 2.91. The molecule has 17 heavy (non-hydrogen) atoms. The van der Waals surface area contributed by atoms with E-state index in [0.717, 1.165) is 4.47 Å². The lowest BCUT2D eigenvalue weighted by atomic mass is 10.1. The van der Waals surface area contributed by atoms with Crippen LogP contribution in [0, 0.1) is 5.82 Å². The van der Waals surface area contributed by atoms with E-state index >= 15 is 0 Å². The summed E-state index contributed by atoms with van der Waals surface area (Å²) >= 11 is 3.33. The lowest BCUT2D eigenvalue weighted by Gasteiger charge is -2.20. The van der Waals surface area contributed by atoms with Gasteiger partial charge in [-0.3, -0.25) is 0 Å². The molecule has 2 atom stereocenters. The fourth-order valence-electron chi connectivity index (χ4n) is 1.49. The minimum atomic E-state index is -0.249. The zero-order valence-electron chi connectivity index (χ0n) is 10.0. The van der Waals surface area contributed by atoms with E-state index in [0.29, 0.717) is 18.7 Å². The highest BCUT2D eigenvalue weighted by Crippen LogP contribution is 2.21. The first-order chi connectivity index (χ1) is 8.08. The Morgan fingerprint density at radius 3 is 2.82 bits per heavy atom. The fourth-order valence-corrected chi connectivity index (χ4v) is 1.87. The second-order valence-corrected chi connectivity index (χ2v) is 4.82. The smallest absolute Gasteiger partial charge is 0.128 e. The second-order valence-electron chi connectivity index (χ2n) is 3.91. The fraction of sp³-hybridized carbons (Fsp3) is 0.500. The molecule has 0 spiro atoms. The first-order valence-electron chi connectivity index (χ1n) is 5.49. The molecule has 3 N–H and O–H groups in total. The van der Waals surface area contributed by atoms with Crippen molar-refractivity contribution in [1.82, 2.24) is 5.32 Å². The van der Waals surface area contributed by atoms with E-state index in [2.05, 4.69) is 21.2 Å². The van der Waals surface area contributed by atoms with Crippen molar-refractivity contribution >= 4 is 15.9 Å². The molecule has 0 fully saturated rings. The molecule has 0 radical (unpaired) electrons. The van der Waals surface area contributed by atoms with Crippen LogP contribution in [-0.2, 0) is 4.74 Å². The van der Waals surface area contributed by atoms with Gasteiger partial charge in [-0.2, -0.15) is 0 Å². The molecule has 0 heterocycles. The standard InChI is InChI=1S/C12H18BrFN2O/c1-8(17-2)7-16-12(6-15)10-5-9(13)3-4-11(10)14/h3-5,8,12,16H,6-7,15H2,1-2H3. The molecule has 0 bridgehead atoms. The zero-order chi connectivity index (χ0) is 12.8. The minimum absolute atomic E-state index is 0.0688. The first-order valence-corrected chi connectivity index (χ1v) is 6.29. The third-order valence-electron chi connectivity index (χ3n) is 2.62. The molecule has 0 saturated heterocycles. The third kappa shape index (κ3) is 4.35. The predicted molar refractivity (Wildman–Crippen MR) is 70.4 cm³/mol. The van der Waals surface area contributed by atoms with E-state index in [9.17, 15) is 4.39 Å². The molecule has 1 aromatic rings. The highest BCUT2D eigenvalue weighted by Gasteiger charge is 2.15. The van der Waals surface area contributed by atoms with Crippen molar-refractivity contribution in [3.63, 3.8) is 0 Å². The minimum Gasteiger partial charge on any atom is -0.380 e.